The molecule has 0 aliphatic carbocycles. The van der Waals surface area contributed by atoms with Crippen molar-refractivity contribution in [1.29, 1.82) is 0 Å². The maximum Gasteiger partial charge on any atom is 0.156 e. The Balaban J connectivity index is 2.88. The summed E-state index contributed by atoms with van der Waals surface area (Å²) in [6, 6.07) is 0.558. The highest BCUT2D eigenvalue weighted by Gasteiger charge is 2.21. The number of hydrogen-bond donors (Lipinski definition) is 2. The van der Waals surface area contributed by atoms with E-state index in [0.29, 0.717) is 11.2 Å². The SMILES string of the molecule is CNc1nn(C)c2c(F)c(C(C)N)c(F)cc12. The standard InChI is InChI=1S/C11H14F2N4/c1-5(14)8-7(12)4-6-10(9(8)13)17(3)16-11(6)15-2/h4-5H,14H2,1-3H3,(H,15,16). The lowest BCUT2D eigenvalue weighted by atomic mass is 10.1. The summed E-state index contributed by atoms with van der Waals surface area (Å²) in [5.74, 6) is -0.850. The van der Waals surface area contributed by atoms with E-state index in [1.165, 1.54) is 10.7 Å². The first kappa shape index (κ1) is 11.8. The highest BCUT2D eigenvalue weighted by Crippen LogP contribution is 2.30. The summed E-state index contributed by atoms with van der Waals surface area (Å²) in [7, 11) is 3.26. The molecule has 0 aliphatic heterocycles. The van der Waals surface area contributed by atoms with Gasteiger partial charge in [0.2, 0.25) is 0 Å². The van der Waals surface area contributed by atoms with Gasteiger partial charge in [-0.2, -0.15) is 5.10 Å². The van der Waals surface area contributed by atoms with E-state index < -0.39 is 17.7 Å². The van der Waals surface area contributed by atoms with Crippen LogP contribution in [0.25, 0.3) is 10.9 Å². The van der Waals surface area contributed by atoms with Crippen LogP contribution in [0.15, 0.2) is 6.07 Å². The minimum atomic E-state index is -0.702. The number of halogens is 2. The molecule has 1 unspecified atom stereocenters. The van der Waals surface area contributed by atoms with Crippen molar-refractivity contribution >= 4 is 16.7 Å². The Labute approximate surface area is 97.4 Å². The van der Waals surface area contributed by atoms with Crippen LogP contribution in [0, 0.1) is 11.6 Å². The molecule has 1 aromatic carbocycles. The summed E-state index contributed by atoms with van der Waals surface area (Å²) >= 11 is 0. The van der Waals surface area contributed by atoms with Gasteiger partial charge in [-0.3, -0.25) is 4.68 Å². The Morgan fingerprint density at radius 2 is 2.12 bits per heavy atom. The van der Waals surface area contributed by atoms with Gasteiger partial charge in [0.05, 0.1) is 0 Å². The number of aromatic nitrogens is 2. The molecule has 4 nitrogen and oxygen atoms in total. The molecule has 1 aromatic heterocycles. The Hall–Kier alpha value is -1.69. The second kappa shape index (κ2) is 3.96. The summed E-state index contributed by atoms with van der Waals surface area (Å²) in [4.78, 5) is 0. The molecule has 0 spiro atoms. The number of nitrogens with zero attached hydrogens (tertiary/aromatic N) is 2. The van der Waals surface area contributed by atoms with Crippen molar-refractivity contribution in [2.45, 2.75) is 13.0 Å². The second-order valence-corrected chi connectivity index (χ2v) is 3.99. The number of rotatable bonds is 2. The van der Waals surface area contributed by atoms with E-state index in [-0.39, 0.29) is 11.1 Å². The van der Waals surface area contributed by atoms with Gasteiger partial charge in [0.15, 0.2) is 11.6 Å². The first-order chi connectivity index (χ1) is 7.97. The minimum absolute atomic E-state index is 0.108. The van der Waals surface area contributed by atoms with Gasteiger partial charge >= 0.3 is 0 Å². The molecule has 17 heavy (non-hydrogen) atoms. The smallest absolute Gasteiger partial charge is 0.156 e. The summed E-state index contributed by atoms with van der Waals surface area (Å²) in [6.07, 6.45) is 0. The Kier molecular flexibility index (Phi) is 2.74. The third kappa shape index (κ3) is 1.64. The predicted molar refractivity (Wildman–Crippen MR) is 62.8 cm³/mol. The fourth-order valence-electron chi connectivity index (χ4n) is 1.98. The molecule has 2 rings (SSSR count). The summed E-state index contributed by atoms with van der Waals surface area (Å²) in [6.45, 7) is 1.54. The molecule has 0 saturated heterocycles. The molecular weight excluding hydrogens is 226 g/mol. The van der Waals surface area contributed by atoms with E-state index >= 15 is 0 Å². The van der Waals surface area contributed by atoms with Crippen LogP contribution in [0.4, 0.5) is 14.6 Å². The van der Waals surface area contributed by atoms with Crippen LogP contribution in [0.1, 0.15) is 18.5 Å². The quantitative estimate of drug-likeness (QED) is 0.843. The average molecular weight is 240 g/mol. The van der Waals surface area contributed by atoms with Gasteiger partial charge in [0, 0.05) is 31.1 Å². The first-order valence-electron chi connectivity index (χ1n) is 5.25. The van der Waals surface area contributed by atoms with Crippen molar-refractivity contribution in [3.8, 4) is 0 Å². The monoisotopic (exact) mass is 240 g/mol. The van der Waals surface area contributed by atoms with Gasteiger partial charge in [0.1, 0.15) is 11.3 Å². The Morgan fingerprint density at radius 3 is 2.65 bits per heavy atom. The van der Waals surface area contributed by atoms with Gasteiger partial charge in [0.25, 0.3) is 0 Å². The molecule has 6 heteroatoms. The van der Waals surface area contributed by atoms with Gasteiger partial charge in [-0.05, 0) is 13.0 Å². The Morgan fingerprint density at radius 1 is 1.47 bits per heavy atom. The fourth-order valence-corrected chi connectivity index (χ4v) is 1.98. The third-order valence-electron chi connectivity index (χ3n) is 2.75. The van der Waals surface area contributed by atoms with Gasteiger partial charge < -0.3 is 11.1 Å². The number of benzene rings is 1. The van der Waals surface area contributed by atoms with E-state index in [0.717, 1.165) is 0 Å². The molecule has 0 radical (unpaired) electrons. The van der Waals surface area contributed by atoms with Crippen LogP contribution in [0.5, 0.6) is 0 Å². The summed E-state index contributed by atoms with van der Waals surface area (Å²) in [5, 5.41) is 7.28. The topological polar surface area (TPSA) is 55.9 Å². The summed E-state index contributed by atoms with van der Waals surface area (Å²) < 4.78 is 29.3. The van der Waals surface area contributed by atoms with Crippen LogP contribution >= 0.6 is 0 Å². The maximum atomic E-state index is 14.2. The predicted octanol–water partition coefficient (Wildman–Crippen LogP) is 1.91. The van der Waals surface area contributed by atoms with Crippen LogP contribution < -0.4 is 11.1 Å². The highest BCUT2D eigenvalue weighted by molar-refractivity contribution is 5.91. The zero-order valence-corrected chi connectivity index (χ0v) is 9.88. The van der Waals surface area contributed by atoms with E-state index in [1.54, 1.807) is 21.0 Å². The van der Waals surface area contributed by atoms with Crippen molar-refractivity contribution in [3.63, 3.8) is 0 Å². The number of fused-ring (bicyclic) bond motifs is 1. The largest absolute Gasteiger partial charge is 0.371 e. The molecule has 0 fully saturated rings. The fraction of sp³-hybridized carbons (Fsp3) is 0.364. The highest BCUT2D eigenvalue weighted by atomic mass is 19.1. The van der Waals surface area contributed by atoms with E-state index in [4.69, 9.17) is 5.73 Å². The molecule has 0 aliphatic rings. The normalized spacial score (nSPS) is 13.1. The van der Waals surface area contributed by atoms with Crippen LogP contribution in [-0.2, 0) is 7.05 Å². The first-order valence-corrected chi connectivity index (χ1v) is 5.25. The second-order valence-electron chi connectivity index (χ2n) is 3.99. The zero-order valence-electron chi connectivity index (χ0n) is 9.88. The number of nitrogens with one attached hydrogen (secondary N) is 1. The number of nitrogens with two attached hydrogens (primary N) is 1. The molecular formula is C11H14F2N4. The minimum Gasteiger partial charge on any atom is -0.371 e. The van der Waals surface area contributed by atoms with Gasteiger partial charge in [-0.1, -0.05) is 0 Å². The number of hydrogen-bond acceptors (Lipinski definition) is 3. The lowest BCUT2D eigenvalue weighted by Gasteiger charge is -2.10. The van der Waals surface area contributed by atoms with E-state index in [1.807, 2.05) is 0 Å². The van der Waals surface area contributed by atoms with Crippen molar-refractivity contribution in [3.05, 3.63) is 23.3 Å². The van der Waals surface area contributed by atoms with Gasteiger partial charge in [-0.15, -0.1) is 0 Å². The van der Waals surface area contributed by atoms with Crippen molar-refractivity contribution in [2.75, 3.05) is 12.4 Å². The molecule has 92 valence electrons. The summed E-state index contributed by atoms with van der Waals surface area (Å²) in [5.41, 5.74) is 5.72. The van der Waals surface area contributed by atoms with Crippen molar-refractivity contribution in [2.24, 2.45) is 12.8 Å². The van der Waals surface area contributed by atoms with Crippen LogP contribution in [0.2, 0.25) is 0 Å². The average Bonchev–Trinajstić information content (AvgIpc) is 2.54. The molecule has 1 atom stereocenters. The lowest BCUT2D eigenvalue weighted by Crippen LogP contribution is -2.11. The third-order valence-corrected chi connectivity index (χ3v) is 2.75. The zero-order chi connectivity index (χ0) is 12.7. The van der Waals surface area contributed by atoms with E-state index in [2.05, 4.69) is 10.4 Å². The molecule has 0 amide bonds. The van der Waals surface area contributed by atoms with Crippen LogP contribution in [0.3, 0.4) is 0 Å². The maximum absolute atomic E-state index is 14.2. The molecule has 3 N–H and O–H groups in total. The molecule has 1 heterocycles. The Bertz CT molecular complexity index is 575. The van der Waals surface area contributed by atoms with Crippen molar-refractivity contribution in [1.82, 2.24) is 9.78 Å². The molecule has 2 aromatic rings. The van der Waals surface area contributed by atoms with Crippen molar-refractivity contribution < 1.29 is 8.78 Å². The lowest BCUT2D eigenvalue weighted by molar-refractivity contribution is 0.540. The molecule has 0 saturated carbocycles. The van der Waals surface area contributed by atoms with Gasteiger partial charge in [-0.25, -0.2) is 8.78 Å². The molecule has 0 bridgehead atoms. The number of aryl methyl sites for hydroxylation is 1. The van der Waals surface area contributed by atoms with E-state index in [9.17, 15) is 8.78 Å². The van der Waals surface area contributed by atoms with Crippen LogP contribution in [-0.4, -0.2) is 16.8 Å². The number of anilines is 1.